The summed E-state index contributed by atoms with van der Waals surface area (Å²) in [6.45, 7) is 10.7. The van der Waals surface area contributed by atoms with E-state index in [9.17, 15) is 0 Å². The average Bonchev–Trinajstić information content (AvgIpc) is 2.99. The summed E-state index contributed by atoms with van der Waals surface area (Å²) in [5.41, 5.74) is 7.32. The van der Waals surface area contributed by atoms with Crippen molar-refractivity contribution in [2.24, 2.45) is 0 Å². The van der Waals surface area contributed by atoms with E-state index in [-0.39, 0.29) is 0 Å². The molecule has 3 rings (SSSR count). The van der Waals surface area contributed by atoms with Crippen molar-refractivity contribution in [2.75, 3.05) is 0 Å². The van der Waals surface area contributed by atoms with Crippen LogP contribution in [0.25, 0.3) is 10.6 Å². The van der Waals surface area contributed by atoms with Gasteiger partial charge in [-0.05, 0) is 70.2 Å². The highest BCUT2D eigenvalue weighted by molar-refractivity contribution is 7.15. The SMILES string of the molecule is CCCCc1cc(-c2nc(CCc3nc(C)cc(C)n3)c(C)s2)ccc1C. The van der Waals surface area contributed by atoms with Crippen LogP contribution in [0.1, 0.15) is 58.7 Å². The molecule has 2 aromatic heterocycles. The van der Waals surface area contributed by atoms with E-state index in [1.165, 1.54) is 40.1 Å². The number of hydrogen-bond acceptors (Lipinski definition) is 4. The Hall–Kier alpha value is -2.07. The number of hydrogen-bond donors (Lipinski definition) is 0. The lowest BCUT2D eigenvalue weighted by atomic mass is 10.0. The third kappa shape index (κ3) is 5.01. The highest BCUT2D eigenvalue weighted by Crippen LogP contribution is 2.30. The normalized spacial score (nSPS) is 11.1. The Morgan fingerprint density at radius 3 is 2.30 bits per heavy atom. The van der Waals surface area contributed by atoms with E-state index in [4.69, 9.17) is 4.98 Å². The molecular formula is C23H29N3S. The fourth-order valence-corrected chi connectivity index (χ4v) is 4.32. The molecule has 0 aliphatic carbocycles. The molecule has 2 heterocycles. The summed E-state index contributed by atoms with van der Waals surface area (Å²) in [5.74, 6) is 0.915. The van der Waals surface area contributed by atoms with Gasteiger partial charge in [0.25, 0.3) is 0 Å². The Morgan fingerprint density at radius 1 is 0.852 bits per heavy atom. The summed E-state index contributed by atoms with van der Waals surface area (Å²) < 4.78 is 0. The van der Waals surface area contributed by atoms with E-state index in [2.05, 4.69) is 48.9 Å². The van der Waals surface area contributed by atoms with Crippen LogP contribution in [0.4, 0.5) is 0 Å². The number of rotatable bonds is 7. The first-order valence-electron chi connectivity index (χ1n) is 9.83. The number of unbranched alkanes of at least 4 members (excludes halogenated alkanes) is 1. The number of benzene rings is 1. The van der Waals surface area contributed by atoms with E-state index >= 15 is 0 Å². The maximum atomic E-state index is 4.95. The predicted molar refractivity (Wildman–Crippen MR) is 115 cm³/mol. The minimum atomic E-state index is 0.835. The highest BCUT2D eigenvalue weighted by atomic mass is 32.1. The van der Waals surface area contributed by atoms with Crippen LogP contribution in [0.3, 0.4) is 0 Å². The van der Waals surface area contributed by atoms with Crippen LogP contribution < -0.4 is 0 Å². The van der Waals surface area contributed by atoms with Crippen molar-refractivity contribution in [2.45, 2.75) is 66.7 Å². The molecule has 1 aromatic carbocycles. The van der Waals surface area contributed by atoms with Gasteiger partial charge in [-0.15, -0.1) is 11.3 Å². The summed E-state index contributed by atoms with van der Waals surface area (Å²) in [5, 5.41) is 1.13. The molecule has 0 atom stereocenters. The molecule has 0 spiro atoms. The molecule has 0 amide bonds. The molecule has 3 aromatic rings. The molecule has 0 saturated carbocycles. The van der Waals surface area contributed by atoms with Gasteiger partial charge >= 0.3 is 0 Å². The van der Waals surface area contributed by atoms with Crippen molar-refractivity contribution >= 4 is 11.3 Å². The van der Waals surface area contributed by atoms with Crippen LogP contribution in [0.15, 0.2) is 24.3 Å². The van der Waals surface area contributed by atoms with Gasteiger partial charge in [-0.2, -0.15) is 0 Å². The van der Waals surface area contributed by atoms with Gasteiger partial charge in [0.15, 0.2) is 0 Å². The van der Waals surface area contributed by atoms with Crippen LogP contribution in [0.5, 0.6) is 0 Å². The van der Waals surface area contributed by atoms with Crippen LogP contribution >= 0.6 is 11.3 Å². The second-order valence-corrected chi connectivity index (χ2v) is 8.54. The zero-order chi connectivity index (χ0) is 19.4. The third-order valence-corrected chi connectivity index (χ3v) is 5.96. The van der Waals surface area contributed by atoms with E-state index < -0.39 is 0 Å². The highest BCUT2D eigenvalue weighted by Gasteiger charge is 2.12. The van der Waals surface area contributed by atoms with Gasteiger partial charge in [0.2, 0.25) is 0 Å². The maximum Gasteiger partial charge on any atom is 0.129 e. The lowest BCUT2D eigenvalue weighted by molar-refractivity contribution is 0.791. The van der Waals surface area contributed by atoms with Crippen molar-refractivity contribution in [1.29, 1.82) is 0 Å². The topological polar surface area (TPSA) is 38.7 Å². The van der Waals surface area contributed by atoms with Crippen molar-refractivity contribution < 1.29 is 0 Å². The number of thiazole rings is 1. The Morgan fingerprint density at radius 2 is 1.59 bits per heavy atom. The van der Waals surface area contributed by atoms with E-state index in [0.717, 1.165) is 41.5 Å². The lowest BCUT2D eigenvalue weighted by Gasteiger charge is -2.07. The molecular weight excluding hydrogens is 350 g/mol. The first-order valence-corrected chi connectivity index (χ1v) is 10.6. The number of aryl methyl sites for hydroxylation is 7. The smallest absolute Gasteiger partial charge is 0.129 e. The molecule has 0 saturated heterocycles. The summed E-state index contributed by atoms with van der Waals surface area (Å²) in [6, 6.07) is 8.79. The van der Waals surface area contributed by atoms with Crippen LogP contribution in [-0.4, -0.2) is 15.0 Å². The molecule has 0 aliphatic heterocycles. The minimum absolute atomic E-state index is 0.835. The maximum absolute atomic E-state index is 4.95. The molecule has 0 unspecified atom stereocenters. The fourth-order valence-electron chi connectivity index (χ4n) is 3.37. The molecule has 0 radical (unpaired) electrons. The van der Waals surface area contributed by atoms with Crippen molar-refractivity contribution in [3.05, 3.63) is 63.2 Å². The Bertz CT molecular complexity index is 907. The lowest BCUT2D eigenvalue weighted by Crippen LogP contribution is -2.02. The van der Waals surface area contributed by atoms with E-state index in [1.54, 1.807) is 11.3 Å². The summed E-state index contributed by atoms with van der Waals surface area (Å²) in [4.78, 5) is 15.4. The Balaban J connectivity index is 1.78. The first kappa shape index (κ1) is 19.7. The second kappa shape index (κ2) is 8.75. The quantitative estimate of drug-likeness (QED) is 0.508. The standard InChI is InChI=1S/C23H29N3S/c1-6-7-8-19-14-20(10-9-15(19)2)23-26-21(18(5)27-23)11-12-22-24-16(3)13-17(4)25-22/h9-10,13-14H,6-8,11-12H2,1-5H3. The third-order valence-electron chi connectivity index (χ3n) is 4.90. The van der Waals surface area contributed by atoms with Gasteiger partial charge < -0.3 is 0 Å². The number of aromatic nitrogens is 3. The summed E-state index contributed by atoms with van der Waals surface area (Å²) in [7, 11) is 0. The molecule has 27 heavy (non-hydrogen) atoms. The zero-order valence-electron chi connectivity index (χ0n) is 17.1. The largest absolute Gasteiger partial charge is 0.241 e. The molecule has 4 heteroatoms. The predicted octanol–water partition coefficient (Wildman–Crippen LogP) is 5.96. The molecule has 0 aliphatic rings. The van der Waals surface area contributed by atoms with Crippen LogP contribution in [0, 0.1) is 27.7 Å². The zero-order valence-corrected chi connectivity index (χ0v) is 17.9. The van der Waals surface area contributed by atoms with Crippen molar-refractivity contribution in [3.63, 3.8) is 0 Å². The van der Waals surface area contributed by atoms with Gasteiger partial charge in [0, 0.05) is 28.2 Å². The van der Waals surface area contributed by atoms with Crippen LogP contribution in [0.2, 0.25) is 0 Å². The van der Waals surface area contributed by atoms with Gasteiger partial charge in [0.1, 0.15) is 10.8 Å². The Kier molecular flexibility index (Phi) is 6.38. The van der Waals surface area contributed by atoms with Gasteiger partial charge in [-0.3, -0.25) is 0 Å². The average molecular weight is 380 g/mol. The van der Waals surface area contributed by atoms with Crippen molar-refractivity contribution in [3.8, 4) is 10.6 Å². The summed E-state index contributed by atoms with van der Waals surface area (Å²) in [6.07, 6.45) is 5.34. The molecule has 3 nitrogen and oxygen atoms in total. The minimum Gasteiger partial charge on any atom is -0.241 e. The first-order chi connectivity index (χ1) is 13.0. The summed E-state index contributed by atoms with van der Waals surface area (Å²) >= 11 is 1.80. The Labute approximate surface area is 166 Å². The molecule has 0 N–H and O–H groups in total. The van der Waals surface area contributed by atoms with Gasteiger partial charge in [-0.1, -0.05) is 25.5 Å². The monoisotopic (exact) mass is 379 g/mol. The second-order valence-electron chi connectivity index (χ2n) is 7.33. The van der Waals surface area contributed by atoms with E-state index in [0.29, 0.717) is 0 Å². The molecule has 0 bridgehead atoms. The molecule has 142 valence electrons. The fraction of sp³-hybridized carbons (Fsp3) is 0.435. The number of nitrogens with zero attached hydrogens (tertiary/aromatic N) is 3. The van der Waals surface area contributed by atoms with Crippen molar-refractivity contribution in [1.82, 2.24) is 15.0 Å². The molecule has 0 fully saturated rings. The van der Waals surface area contributed by atoms with Crippen LogP contribution in [-0.2, 0) is 19.3 Å². The van der Waals surface area contributed by atoms with Gasteiger partial charge in [0.05, 0.1) is 5.69 Å². The van der Waals surface area contributed by atoms with E-state index in [1.807, 2.05) is 19.9 Å². The van der Waals surface area contributed by atoms with Gasteiger partial charge in [-0.25, -0.2) is 15.0 Å².